The van der Waals surface area contributed by atoms with Crippen LogP contribution in [0.5, 0.6) is 0 Å². The van der Waals surface area contributed by atoms with Crippen LogP contribution >= 0.6 is 0 Å². The van der Waals surface area contributed by atoms with Gasteiger partial charge < -0.3 is 9.64 Å². The number of hydrogen-bond donors (Lipinski definition) is 0. The first kappa shape index (κ1) is 12.2. The lowest BCUT2D eigenvalue weighted by Crippen LogP contribution is -2.48. The predicted molar refractivity (Wildman–Crippen MR) is 56.5 cm³/mol. The second kappa shape index (κ2) is 5.26. The number of hydrogen-bond acceptors (Lipinski definition) is 4. The Morgan fingerprint density at radius 2 is 2.27 bits per heavy atom. The molecule has 15 heavy (non-hydrogen) atoms. The molecule has 86 valence electrons. The number of carbonyl (C=O) groups excluding carboxylic acids is 2. The maximum absolute atomic E-state index is 11.7. The van der Waals surface area contributed by atoms with Crippen molar-refractivity contribution in [3.05, 3.63) is 0 Å². The van der Waals surface area contributed by atoms with Gasteiger partial charge in [0, 0.05) is 19.0 Å². The molecule has 1 saturated heterocycles. The van der Waals surface area contributed by atoms with Crippen molar-refractivity contribution in [1.29, 1.82) is 0 Å². The number of Topliss-reactive ketones (excluding diaryl/α,β-unsaturated/α-hetero) is 1. The highest BCUT2D eigenvalue weighted by Crippen LogP contribution is 2.21. The number of ether oxygens (including phenoxy) is 1. The van der Waals surface area contributed by atoms with Gasteiger partial charge in [0.1, 0.15) is 11.7 Å². The number of methoxy groups -OCH3 is 1. The standard InChI is InChI=1S/C11H19NO3/c1-4-5-8-6-10(13)9(7-12(8)2)11(14)15-3/h8-9H,4-7H2,1-3H3. The first-order valence-electron chi connectivity index (χ1n) is 5.41. The Kier molecular flexibility index (Phi) is 4.27. The maximum Gasteiger partial charge on any atom is 0.317 e. The van der Waals surface area contributed by atoms with Crippen molar-refractivity contribution in [2.45, 2.75) is 32.2 Å². The largest absolute Gasteiger partial charge is 0.468 e. The molecule has 0 saturated carbocycles. The summed E-state index contributed by atoms with van der Waals surface area (Å²) in [5.74, 6) is -0.951. The van der Waals surface area contributed by atoms with Gasteiger partial charge in [0.15, 0.2) is 0 Å². The molecule has 1 rings (SSSR count). The van der Waals surface area contributed by atoms with E-state index in [0.717, 1.165) is 12.8 Å². The van der Waals surface area contributed by atoms with Gasteiger partial charge in [-0.05, 0) is 13.5 Å². The highest BCUT2D eigenvalue weighted by atomic mass is 16.5. The molecule has 4 heteroatoms. The molecule has 2 unspecified atom stereocenters. The van der Waals surface area contributed by atoms with Crippen molar-refractivity contribution in [2.24, 2.45) is 5.92 Å². The molecule has 1 heterocycles. The molecule has 4 nitrogen and oxygen atoms in total. The van der Waals surface area contributed by atoms with Crippen LogP contribution in [0.1, 0.15) is 26.2 Å². The summed E-state index contributed by atoms with van der Waals surface area (Å²) in [6, 6.07) is 0.295. The Morgan fingerprint density at radius 1 is 1.60 bits per heavy atom. The van der Waals surface area contributed by atoms with Gasteiger partial charge in [-0.15, -0.1) is 0 Å². The van der Waals surface area contributed by atoms with E-state index < -0.39 is 11.9 Å². The molecule has 0 radical (unpaired) electrons. The minimum absolute atomic E-state index is 0.0263. The van der Waals surface area contributed by atoms with Gasteiger partial charge >= 0.3 is 5.97 Å². The fourth-order valence-corrected chi connectivity index (χ4v) is 2.07. The van der Waals surface area contributed by atoms with E-state index >= 15 is 0 Å². The molecule has 0 aromatic carbocycles. The molecule has 0 aromatic rings. The molecule has 0 spiro atoms. The second-order valence-corrected chi connectivity index (χ2v) is 4.13. The summed E-state index contributed by atoms with van der Waals surface area (Å²) < 4.78 is 4.62. The summed E-state index contributed by atoms with van der Waals surface area (Å²) in [4.78, 5) is 25.1. The SMILES string of the molecule is CCCC1CC(=O)C(C(=O)OC)CN1C. The van der Waals surface area contributed by atoms with Gasteiger partial charge in [0.2, 0.25) is 0 Å². The van der Waals surface area contributed by atoms with Crippen LogP contribution in [0.4, 0.5) is 0 Å². The monoisotopic (exact) mass is 213 g/mol. The average molecular weight is 213 g/mol. The van der Waals surface area contributed by atoms with Crippen LogP contribution in [0.3, 0.4) is 0 Å². The number of nitrogens with zero attached hydrogens (tertiary/aromatic N) is 1. The van der Waals surface area contributed by atoms with Gasteiger partial charge in [-0.3, -0.25) is 9.59 Å². The van der Waals surface area contributed by atoms with E-state index in [1.54, 1.807) is 0 Å². The number of carbonyl (C=O) groups is 2. The molecule has 1 fully saturated rings. The van der Waals surface area contributed by atoms with Crippen molar-refractivity contribution >= 4 is 11.8 Å². The van der Waals surface area contributed by atoms with Gasteiger partial charge in [-0.25, -0.2) is 0 Å². The van der Waals surface area contributed by atoms with E-state index in [-0.39, 0.29) is 5.78 Å². The number of esters is 1. The van der Waals surface area contributed by atoms with Crippen molar-refractivity contribution in [2.75, 3.05) is 20.7 Å². The number of ketones is 1. The highest BCUT2D eigenvalue weighted by Gasteiger charge is 2.36. The van der Waals surface area contributed by atoms with Gasteiger partial charge in [-0.2, -0.15) is 0 Å². The zero-order valence-electron chi connectivity index (χ0n) is 9.66. The number of rotatable bonds is 3. The highest BCUT2D eigenvalue weighted by molar-refractivity contribution is 6.00. The molecule has 0 aliphatic carbocycles. The van der Waals surface area contributed by atoms with Gasteiger partial charge in [-0.1, -0.05) is 13.3 Å². The van der Waals surface area contributed by atoms with Crippen molar-refractivity contribution in [3.63, 3.8) is 0 Å². The van der Waals surface area contributed by atoms with E-state index in [9.17, 15) is 9.59 Å². The third-order valence-corrected chi connectivity index (χ3v) is 3.03. The minimum atomic E-state index is -0.576. The molecule has 0 aromatic heterocycles. The van der Waals surface area contributed by atoms with Gasteiger partial charge in [0.25, 0.3) is 0 Å². The Morgan fingerprint density at radius 3 is 2.80 bits per heavy atom. The van der Waals surface area contributed by atoms with E-state index in [4.69, 9.17) is 0 Å². The van der Waals surface area contributed by atoms with E-state index in [0.29, 0.717) is 19.0 Å². The summed E-state index contributed by atoms with van der Waals surface area (Å²) in [7, 11) is 3.29. The van der Waals surface area contributed by atoms with Crippen molar-refractivity contribution < 1.29 is 14.3 Å². The fraction of sp³-hybridized carbons (Fsp3) is 0.818. The van der Waals surface area contributed by atoms with Crippen LogP contribution < -0.4 is 0 Å². The normalized spacial score (nSPS) is 27.8. The second-order valence-electron chi connectivity index (χ2n) is 4.13. The van der Waals surface area contributed by atoms with Crippen LogP contribution in [0.2, 0.25) is 0 Å². The third kappa shape index (κ3) is 2.78. The smallest absolute Gasteiger partial charge is 0.317 e. The summed E-state index contributed by atoms with van der Waals surface area (Å²) in [5, 5.41) is 0. The molecule has 0 N–H and O–H groups in total. The van der Waals surface area contributed by atoms with Crippen molar-refractivity contribution in [1.82, 2.24) is 4.90 Å². The lowest BCUT2D eigenvalue weighted by atomic mass is 9.90. The Labute approximate surface area is 90.6 Å². The lowest BCUT2D eigenvalue weighted by molar-refractivity contribution is -0.152. The topological polar surface area (TPSA) is 46.6 Å². The average Bonchev–Trinajstić information content (AvgIpc) is 2.22. The van der Waals surface area contributed by atoms with Crippen LogP contribution in [0.25, 0.3) is 0 Å². The van der Waals surface area contributed by atoms with Crippen LogP contribution in [-0.4, -0.2) is 43.4 Å². The van der Waals surface area contributed by atoms with Crippen LogP contribution in [-0.2, 0) is 14.3 Å². The van der Waals surface area contributed by atoms with Crippen molar-refractivity contribution in [3.8, 4) is 0 Å². The summed E-state index contributed by atoms with van der Waals surface area (Å²) in [5.41, 5.74) is 0. The molecular formula is C11H19NO3. The predicted octanol–water partition coefficient (Wildman–Crippen LogP) is 0.849. The Balaban J connectivity index is 2.62. The molecule has 1 aliphatic heterocycles. The first-order valence-corrected chi connectivity index (χ1v) is 5.41. The maximum atomic E-state index is 11.7. The molecule has 0 amide bonds. The van der Waals surface area contributed by atoms with E-state index in [2.05, 4.69) is 16.6 Å². The van der Waals surface area contributed by atoms with Crippen LogP contribution in [0.15, 0.2) is 0 Å². The third-order valence-electron chi connectivity index (χ3n) is 3.03. The minimum Gasteiger partial charge on any atom is -0.468 e. The Hall–Kier alpha value is -0.900. The zero-order valence-corrected chi connectivity index (χ0v) is 9.66. The summed E-state index contributed by atoms with van der Waals surface area (Å²) >= 11 is 0. The van der Waals surface area contributed by atoms with E-state index in [1.165, 1.54) is 7.11 Å². The first-order chi connectivity index (χ1) is 7.10. The number of piperidine rings is 1. The molecule has 1 aliphatic rings. The summed E-state index contributed by atoms with van der Waals surface area (Å²) in [6.45, 7) is 2.60. The van der Waals surface area contributed by atoms with Crippen LogP contribution in [0, 0.1) is 5.92 Å². The van der Waals surface area contributed by atoms with Gasteiger partial charge in [0.05, 0.1) is 7.11 Å². The molecule has 2 atom stereocenters. The zero-order chi connectivity index (χ0) is 11.4. The lowest BCUT2D eigenvalue weighted by Gasteiger charge is -2.34. The quantitative estimate of drug-likeness (QED) is 0.515. The van der Waals surface area contributed by atoms with E-state index in [1.807, 2.05) is 7.05 Å². The molecule has 0 bridgehead atoms. The number of likely N-dealkylation sites (tertiary alicyclic amines) is 1. The molecular weight excluding hydrogens is 194 g/mol. The summed E-state index contributed by atoms with van der Waals surface area (Å²) in [6.07, 6.45) is 2.55. The Bertz CT molecular complexity index is 252. The fourth-order valence-electron chi connectivity index (χ4n) is 2.07.